The number of rotatable bonds is 9. The van der Waals surface area contributed by atoms with Gasteiger partial charge in [0.2, 0.25) is 0 Å². The maximum atomic E-state index is 10.5. The van der Waals surface area contributed by atoms with E-state index in [1.165, 1.54) is 32.1 Å². The Bertz CT molecular complexity index is 722. The third-order valence-corrected chi connectivity index (χ3v) is 8.12. The van der Waals surface area contributed by atoms with Crippen LogP contribution in [0.25, 0.3) is 0 Å². The second kappa shape index (κ2) is 9.83. The fourth-order valence-corrected chi connectivity index (χ4v) is 6.01. The molecule has 1 aromatic heterocycles. The van der Waals surface area contributed by atoms with Crippen LogP contribution >= 0.6 is 0 Å². The van der Waals surface area contributed by atoms with E-state index in [-0.39, 0.29) is 5.60 Å². The average molecular weight is 416 g/mol. The molecule has 2 aliphatic carbocycles. The van der Waals surface area contributed by atoms with E-state index in [2.05, 4.69) is 31.9 Å². The lowest BCUT2D eigenvalue weighted by Gasteiger charge is -2.49. The summed E-state index contributed by atoms with van der Waals surface area (Å²) < 4.78 is 8.09. The normalized spacial score (nSPS) is 33.5. The maximum Gasteiger partial charge on any atom is 0.102 e. The Morgan fingerprint density at radius 1 is 1.40 bits per heavy atom. The van der Waals surface area contributed by atoms with Crippen LogP contribution in [-0.4, -0.2) is 32.7 Å². The van der Waals surface area contributed by atoms with Crippen molar-refractivity contribution in [1.82, 2.24) is 9.78 Å². The van der Waals surface area contributed by atoms with Gasteiger partial charge in [-0.3, -0.25) is 4.68 Å². The van der Waals surface area contributed by atoms with Gasteiger partial charge in [0.05, 0.1) is 36.1 Å². The zero-order chi connectivity index (χ0) is 21.8. The smallest absolute Gasteiger partial charge is 0.102 e. The van der Waals surface area contributed by atoms with E-state index in [0.717, 1.165) is 49.4 Å². The molecule has 0 saturated heterocycles. The highest BCUT2D eigenvalue weighted by atomic mass is 16.5. The first-order chi connectivity index (χ1) is 14.3. The molecule has 1 unspecified atom stereocenters. The quantitative estimate of drug-likeness (QED) is 0.592. The van der Waals surface area contributed by atoms with Crippen molar-refractivity contribution in [2.24, 2.45) is 23.7 Å². The van der Waals surface area contributed by atoms with Crippen molar-refractivity contribution in [3.63, 3.8) is 0 Å². The summed E-state index contributed by atoms with van der Waals surface area (Å²) in [7, 11) is 0. The van der Waals surface area contributed by atoms with Gasteiger partial charge >= 0.3 is 0 Å². The molecule has 3 rings (SSSR count). The van der Waals surface area contributed by atoms with Crippen LogP contribution in [0.2, 0.25) is 0 Å². The molecule has 2 saturated carbocycles. The molecule has 0 spiro atoms. The molecule has 5 heteroatoms. The van der Waals surface area contributed by atoms with E-state index in [9.17, 15) is 5.11 Å². The number of aliphatic hydroxyl groups is 1. The SMILES string of the molecule is CCC(C)(CCC[C@@H]1[C@H]2CC[C@@](C)(O)C[C@H]2CC[C@H]1C)OCCn1cc(C#N)cn1. The average Bonchev–Trinajstić information content (AvgIpc) is 3.17. The topological polar surface area (TPSA) is 71.1 Å². The number of fused-ring (bicyclic) bond motifs is 1. The van der Waals surface area contributed by atoms with Gasteiger partial charge in [-0.2, -0.15) is 10.4 Å². The monoisotopic (exact) mass is 415 g/mol. The molecule has 0 amide bonds. The van der Waals surface area contributed by atoms with Crippen LogP contribution in [0.4, 0.5) is 0 Å². The minimum atomic E-state index is -0.441. The lowest BCUT2D eigenvalue weighted by molar-refractivity contribution is -0.0635. The van der Waals surface area contributed by atoms with Crippen LogP contribution in [0.1, 0.15) is 91.0 Å². The molecular weight excluding hydrogens is 374 g/mol. The van der Waals surface area contributed by atoms with Gasteiger partial charge in [-0.05, 0) is 82.5 Å². The minimum Gasteiger partial charge on any atom is -0.390 e. The van der Waals surface area contributed by atoms with E-state index in [4.69, 9.17) is 10.00 Å². The predicted octanol–water partition coefficient (Wildman–Crippen LogP) is 5.32. The van der Waals surface area contributed by atoms with Crippen molar-refractivity contribution < 1.29 is 9.84 Å². The predicted molar refractivity (Wildman–Crippen MR) is 119 cm³/mol. The van der Waals surface area contributed by atoms with Crippen molar-refractivity contribution in [3.8, 4) is 6.07 Å². The van der Waals surface area contributed by atoms with E-state index in [1.54, 1.807) is 17.1 Å². The van der Waals surface area contributed by atoms with Crippen LogP contribution in [0.3, 0.4) is 0 Å². The lowest BCUT2D eigenvalue weighted by Crippen LogP contribution is -2.43. The van der Waals surface area contributed by atoms with Gasteiger partial charge in [0.1, 0.15) is 6.07 Å². The van der Waals surface area contributed by atoms with Crippen molar-refractivity contribution in [1.29, 1.82) is 5.26 Å². The molecule has 168 valence electrons. The summed E-state index contributed by atoms with van der Waals surface area (Å²) in [6.45, 7) is 10.2. The largest absolute Gasteiger partial charge is 0.390 e. The molecule has 1 aromatic rings. The summed E-state index contributed by atoms with van der Waals surface area (Å²) in [5.41, 5.74) is 0.0554. The number of aromatic nitrogens is 2. The lowest BCUT2D eigenvalue weighted by atomic mass is 9.58. The van der Waals surface area contributed by atoms with Gasteiger partial charge in [0, 0.05) is 6.20 Å². The summed E-state index contributed by atoms with van der Waals surface area (Å²) in [5, 5.41) is 23.6. The van der Waals surface area contributed by atoms with E-state index >= 15 is 0 Å². The van der Waals surface area contributed by atoms with Crippen LogP contribution in [0.5, 0.6) is 0 Å². The van der Waals surface area contributed by atoms with Crippen molar-refractivity contribution >= 4 is 0 Å². The Morgan fingerprint density at radius 3 is 2.90 bits per heavy atom. The summed E-state index contributed by atoms with van der Waals surface area (Å²) in [6.07, 6.45) is 13.7. The zero-order valence-corrected chi connectivity index (χ0v) is 19.4. The number of nitrogens with zero attached hydrogens (tertiary/aromatic N) is 3. The van der Waals surface area contributed by atoms with Crippen LogP contribution in [-0.2, 0) is 11.3 Å². The number of nitriles is 1. The van der Waals surface area contributed by atoms with Crippen molar-refractivity contribution in [3.05, 3.63) is 18.0 Å². The third-order valence-electron chi connectivity index (χ3n) is 8.12. The summed E-state index contributed by atoms with van der Waals surface area (Å²) in [4.78, 5) is 0. The van der Waals surface area contributed by atoms with Gasteiger partial charge in [-0.1, -0.05) is 26.7 Å². The van der Waals surface area contributed by atoms with Crippen molar-refractivity contribution in [2.45, 2.75) is 103 Å². The molecule has 0 bridgehead atoms. The molecule has 1 heterocycles. The summed E-state index contributed by atoms with van der Waals surface area (Å²) in [6, 6.07) is 2.11. The molecule has 2 fully saturated rings. The first-order valence-electron chi connectivity index (χ1n) is 12.0. The molecule has 1 N–H and O–H groups in total. The summed E-state index contributed by atoms with van der Waals surface area (Å²) >= 11 is 0. The molecule has 0 aliphatic heterocycles. The number of hydrogen-bond acceptors (Lipinski definition) is 4. The van der Waals surface area contributed by atoms with Gasteiger partial charge in [-0.25, -0.2) is 0 Å². The fourth-order valence-electron chi connectivity index (χ4n) is 6.01. The molecule has 0 aromatic carbocycles. The Kier molecular flexibility index (Phi) is 7.63. The fraction of sp³-hybridized carbons (Fsp3) is 0.840. The van der Waals surface area contributed by atoms with Gasteiger partial charge in [-0.15, -0.1) is 0 Å². The molecule has 0 radical (unpaired) electrons. The van der Waals surface area contributed by atoms with E-state index < -0.39 is 5.60 Å². The molecular formula is C25H41N3O2. The highest BCUT2D eigenvalue weighted by molar-refractivity contribution is 5.21. The minimum absolute atomic E-state index is 0.0985. The Morgan fingerprint density at radius 2 is 2.20 bits per heavy atom. The Balaban J connectivity index is 1.47. The third kappa shape index (κ3) is 5.86. The standard InChI is InChI=1S/C25H41N3O2/c1-5-25(4,30-14-13-28-18-20(16-26)17-27-28)11-6-7-22-19(2)8-9-21-15-24(3,29)12-10-23(21)22/h17-19,21-23,29H,5-15H2,1-4H3/t19-,21-,22+,23+,24-,25?/m1/s1. The van der Waals surface area contributed by atoms with Gasteiger partial charge in [0.15, 0.2) is 0 Å². The Hall–Kier alpha value is -1.38. The molecule has 5 nitrogen and oxygen atoms in total. The Labute approximate surface area is 182 Å². The first kappa shape index (κ1) is 23.3. The number of hydrogen-bond donors (Lipinski definition) is 1. The highest BCUT2D eigenvalue weighted by Crippen LogP contribution is 2.50. The number of ether oxygens (including phenoxy) is 1. The second-order valence-corrected chi connectivity index (χ2v) is 10.5. The first-order valence-corrected chi connectivity index (χ1v) is 12.0. The second-order valence-electron chi connectivity index (χ2n) is 10.5. The molecule has 2 aliphatic rings. The van der Waals surface area contributed by atoms with Gasteiger partial charge in [0.25, 0.3) is 0 Å². The summed E-state index contributed by atoms with van der Waals surface area (Å²) in [5.74, 6) is 3.12. The van der Waals surface area contributed by atoms with Crippen LogP contribution in [0.15, 0.2) is 12.4 Å². The van der Waals surface area contributed by atoms with Crippen LogP contribution < -0.4 is 0 Å². The van der Waals surface area contributed by atoms with Crippen molar-refractivity contribution in [2.75, 3.05) is 6.61 Å². The highest BCUT2D eigenvalue weighted by Gasteiger charge is 2.43. The molecule has 30 heavy (non-hydrogen) atoms. The zero-order valence-electron chi connectivity index (χ0n) is 19.4. The van der Waals surface area contributed by atoms with Gasteiger partial charge < -0.3 is 9.84 Å². The maximum absolute atomic E-state index is 10.5. The van der Waals surface area contributed by atoms with Crippen LogP contribution in [0, 0.1) is 35.0 Å². The molecule has 6 atom stereocenters. The van der Waals surface area contributed by atoms with E-state index in [0.29, 0.717) is 18.7 Å². The van der Waals surface area contributed by atoms with E-state index in [1.807, 2.05) is 6.92 Å².